The highest BCUT2D eigenvalue weighted by Gasteiger charge is 2.37. The second-order valence-corrected chi connectivity index (χ2v) is 8.50. The lowest BCUT2D eigenvalue weighted by Gasteiger charge is -2.29. The van der Waals surface area contributed by atoms with Crippen LogP contribution in [-0.4, -0.2) is 11.1 Å². The first-order chi connectivity index (χ1) is 11.9. The van der Waals surface area contributed by atoms with E-state index in [0.29, 0.717) is 0 Å². The van der Waals surface area contributed by atoms with Crippen LogP contribution in [0.5, 0.6) is 0 Å². The van der Waals surface area contributed by atoms with Crippen LogP contribution in [0.1, 0.15) is 33.3 Å². The fourth-order valence-electron chi connectivity index (χ4n) is 4.83. The van der Waals surface area contributed by atoms with Gasteiger partial charge in [0.1, 0.15) is 0 Å². The molecule has 4 aromatic carbocycles. The van der Waals surface area contributed by atoms with E-state index in [0.717, 1.165) is 0 Å². The molecule has 0 saturated heterocycles. The van der Waals surface area contributed by atoms with Gasteiger partial charge in [-0.15, -0.1) is 0 Å². The maximum atomic E-state index is 3.75. The predicted octanol–water partition coefficient (Wildman–Crippen LogP) is 6.13. The zero-order valence-corrected chi connectivity index (χ0v) is 15.3. The SMILES string of the molecule is CC1(C)C=C(c2ccc3ccc4cccc5ccc2c3c45)C(C)(C)N1. The normalized spacial score (nSPS) is 19.1. The summed E-state index contributed by atoms with van der Waals surface area (Å²) < 4.78 is 0. The van der Waals surface area contributed by atoms with Gasteiger partial charge in [-0.1, -0.05) is 60.7 Å². The van der Waals surface area contributed by atoms with Crippen molar-refractivity contribution < 1.29 is 0 Å². The summed E-state index contributed by atoms with van der Waals surface area (Å²) in [6, 6.07) is 20.3. The molecule has 0 fully saturated rings. The maximum Gasteiger partial charge on any atom is 0.0388 e. The van der Waals surface area contributed by atoms with E-state index in [2.05, 4.69) is 93.7 Å². The largest absolute Gasteiger partial charge is 0.299 e. The van der Waals surface area contributed by atoms with E-state index in [1.54, 1.807) is 0 Å². The number of hydrogen-bond acceptors (Lipinski definition) is 1. The number of nitrogens with one attached hydrogen (secondary N) is 1. The van der Waals surface area contributed by atoms with Crippen LogP contribution in [0.15, 0.2) is 60.7 Å². The summed E-state index contributed by atoms with van der Waals surface area (Å²) in [5, 5.41) is 11.9. The van der Waals surface area contributed by atoms with Crippen LogP contribution in [0.3, 0.4) is 0 Å². The maximum absolute atomic E-state index is 3.75. The van der Waals surface area contributed by atoms with Gasteiger partial charge >= 0.3 is 0 Å². The summed E-state index contributed by atoms with van der Waals surface area (Å²) in [5.41, 5.74) is 2.74. The molecule has 0 atom stereocenters. The molecule has 0 unspecified atom stereocenters. The Morgan fingerprint density at radius 2 is 1.28 bits per heavy atom. The van der Waals surface area contributed by atoms with Gasteiger partial charge in [0.25, 0.3) is 0 Å². The van der Waals surface area contributed by atoms with Gasteiger partial charge in [0.15, 0.2) is 0 Å². The van der Waals surface area contributed by atoms with E-state index >= 15 is 0 Å². The van der Waals surface area contributed by atoms with Gasteiger partial charge in [0.05, 0.1) is 0 Å². The summed E-state index contributed by atoms with van der Waals surface area (Å²) in [7, 11) is 0. The van der Waals surface area contributed by atoms with Crippen molar-refractivity contribution in [1.82, 2.24) is 5.32 Å². The molecule has 4 aromatic rings. The first-order valence-electron chi connectivity index (χ1n) is 9.05. The smallest absolute Gasteiger partial charge is 0.0388 e. The Balaban J connectivity index is 1.92. The van der Waals surface area contributed by atoms with Gasteiger partial charge in [-0.2, -0.15) is 0 Å². The van der Waals surface area contributed by atoms with Gasteiger partial charge in [-0.05, 0) is 71.1 Å². The fraction of sp³-hybridized carbons (Fsp3) is 0.250. The molecule has 1 nitrogen and oxygen atoms in total. The van der Waals surface area contributed by atoms with Gasteiger partial charge in [-0.3, -0.25) is 5.32 Å². The molecule has 1 aliphatic rings. The number of benzene rings is 4. The summed E-state index contributed by atoms with van der Waals surface area (Å²) in [5.74, 6) is 0. The zero-order chi connectivity index (χ0) is 17.4. The molecule has 0 amide bonds. The Morgan fingerprint density at radius 1 is 0.680 bits per heavy atom. The monoisotopic (exact) mass is 325 g/mol. The third-order valence-electron chi connectivity index (χ3n) is 5.63. The average molecular weight is 325 g/mol. The van der Waals surface area contributed by atoms with E-state index < -0.39 is 0 Å². The summed E-state index contributed by atoms with van der Waals surface area (Å²) in [6.07, 6.45) is 2.40. The predicted molar refractivity (Wildman–Crippen MR) is 109 cm³/mol. The van der Waals surface area contributed by atoms with E-state index in [4.69, 9.17) is 0 Å². The van der Waals surface area contributed by atoms with Gasteiger partial charge in [-0.25, -0.2) is 0 Å². The highest BCUT2D eigenvalue weighted by molar-refractivity contribution is 6.24. The second kappa shape index (κ2) is 4.62. The molecule has 124 valence electrons. The molecular weight excluding hydrogens is 302 g/mol. The Morgan fingerprint density at radius 3 is 1.92 bits per heavy atom. The van der Waals surface area contributed by atoms with Crippen molar-refractivity contribution in [3.8, 4) is 0 Å². The first kappa shape index (κ1) is 14.9. The summed E-state index contributed by atoms with van der Waals surface area (Å²) in [6.45, 7) is 9.06. The molecule has 5 rings (SSSR count). The Bertz CT molecular complexity index is 1150. The van der Waals surface area contributed by atoms with Crippen LogP contribution in [0, 0.1) is 0 Å². The highest BCUT2D eigenvalue weighted by Crippen LogP contribution is 2.43. The fourth-order valence-corrected chi connectivity index (χ4v) is 4.83. The molecular formula is C24H23N. The summed E-state index contributed by atoms with van der Waals surface area (Å²) >= 11 is 0. The minimum Gasteiger partial charge on any atom is -0.299 e. The van der Waals surface area contributed by atoms with Crippen molar-refractivity contribution in [2.24, 2.45) is 0 Å². The Kier molecular flexibility index (Phi) is 2.76. The molecule has 1 heterocycles. The van der Waals surface area contributed by atoms with Gasteiger partial charge in [0, 0.05) is 11.1 Å². The van der Waals surface area contributed by atoms with Crippen LogP contribution >= 0.6 is 0 Å². The second-order valence-electron chi connectivity index (χ2n) is 8.50. The molecule has 1 aliphatic heterocycles. The third-order valence-corrected chi connectivity index (χ3v) is 5.63. The lowest BCUT2D eigenvalue weighted by molar-refractivity contribution is 0.403. The van der Waals surface area contributed by atoms with E-state index in [1.165, 1.54) is 43.5 Å². The standard InChI is InChI=1S/C24H23N/c1-23(2)14-20(24(3,4)25-23)18-12-10-17-9-8-15-6-5-7-16-11-13-19(18)22(17)21(15)16/h5-14,25H,1-4H3. The molecule has 0 radical (unpaired) electrons. The van der Waals surface area contributed by atoms with Crippen molar-refractivity contribution in [3.63, 3.8) is 0 Å². The lowest BCUT2D eigenvalue weighted by Crippen LogP contribution is -2.45. The number of hydrogen-bond donors (Lipinski definition) is 1. The van der Waals surface area contributed by atoms with Crippen LogP contribution in [0.2, 0.25) is 0 Å². The van der Waals surface area contributed by atoms with Crippen molar-refractivity contribution >= 4 is 37.9 Å². The van der Waals surface area contributed by atoms with Gasteiger partial charge in [0.2, 0.25) is 0 Å². The van der Waals surface area contributed by atoms with E-state index in [1.807, 2.05) is 0 Å². The highest BCUT2D eigenvalue weighted by atomic mass is 15.1. The first-order valence-corrected chi connectivity index (χ1v) is 9.05. The molecule has 0 bridgehead atoms. The molecule has 0 spiro atoms. The van der Waals surface area contributed by atoms with Crippen LogP contribution < -0.4 is 5.32 Å². The quantitative estimate of drug-likeness (QED) is 0.415. The van der Waals surface area contributed by atoms with Crippen LogP contribution in [-0.2, 0) is 0 Å². The molecule has 0 aliphatic carbocycles. The van der Waals surface area contributed by atoms with Crippen molar-refractivity contribution in [2.75, 3.05) is 0 Å². The minimum atomic E-state index is -0.0353. The van der Waals surface area contributed by atoms with Crippen molar-refractivity contribution in [3.05, 3.63) is 66.2 Å². The van der Waals surface area contributed by atoms with Crippen molar-refractivity contribution in [1.29, 1.82) is 0 Å². The van der Waals surface area contributed by atoms with Crippen molar-refractivity contribution in [2.45, 2.75) is 38.8 Å². The van der Waals surface area contributed by atoms with Gasteiger partial charge < -0.3 is 0 Å². The number of rotatable bonds is 1. The van der Waals surface area contributed by atoms with E-state index in [-0.39, 0.29) is 11.1 Å². The third kappa shape index (κ3) is 2.06. The minimum absolute atomic E-state index is 0.0167. The molecule has 25 heavy (non-hydrogen) atoms. The molecule has 0 aromatic heterocycles. The molecule has 1 heteroatoms. The van der Waals surface area contributed by atoms with Crippen LogP contribution in [0.25, 0.3) is 37.9 Å². The Hall–Kier alpha value is -2.38. The zero-order valence-electron chi connectivity index (χ0n) is 15.3. The van der Waals surface area contributed by atoms with Crippen LogP contribution in [0.4, 0.5) is 0 Å². The topological polar surface area (TPSA) is 12.0 Å². The van der Waals surface area contributed by atoms with E-state index in [9.17, 15) is 0 Å². The summed E-state index contributed by atoms with van der Waals surface area (Å²) in [4.78, 5) is 0. The molecule has 0 saturated carbocycles. The Labute approximate surface area is 148 Å². The molecule has 1 N–H and O–H groups in total. The lowest BCUT2D eigenvalue weighted by atomic mass is 9.84. The average Bonchev–Trinajstić information content (AvgIpc) is 2.79.